The monoisotopic (exact) mass is 185 g/mol. The van der Waals surface area contributed by atoms with Gasteiger partial charge in [0, 0.05) is 13.5 Å². The Morgan fingerprint density at radius 2 is 1.92 bits per heavy atom. The summed E-state index contributed by atoms with van der Waals surface area (Å²) in [4.78, 5) is 10.5. The van der Waals surface area contributed by atoms with Gasteiger partial charge in [-0.3, -0.25) is 4.79 Å². The van der Waals surface area contributed by atoms with Gasteiger partial charge in [0.05, 0.1) is 0 Å². The van der Waals surface area contributed by atoms with E-state index in [2.05, 4.69) is 26.1 Å². The minimum atomic E-state index is 0.0785. The van der Waals surface area contributed by atoms with Crippen LogP contribution in [0.25, 0.3) is 0 Å². The van der Waals surface area contributed by atoms with Crippen LogP contribution < -0.4 is 5.32 Å². The fourth-order valence-electron chi connectivity index (χ4n) is 1.17. The lowest BCUT2D eigenvalue weighted by atomic mass is 9.85. The molecule has 1 amide bonds. The van der Waals surface area contributed by atoms with E-state index in [1.165, 1.54) is 19.3 Å². The van der Waals surface area contributed by atoms with Gasteiger partial charge in [0.2, 0.25) is 5.91 Å². The fraction of sp³-hybridized carbons (Fsp3) is 0.909. The van der Waals surface area contributed by atoms with E-state index in [0.717, 1.165) is 13.0 Å². The molecule has 0 radical (unpaired) electrons. The van der Waals surface area contributed by atoms with Gasteiger partial charge in [0.15, 0.2) is 0 Å². The molecule has 0 aliphatic rings. The van der Waals surface area contributed by atoms with Crippen LogP contribution in [0.4, 0.5) is 0 Å². The molecule has 0 atom stereocenters. The van der Waals surface area contributed by atoms with Crippen LogP contribution >= 0.6 is 0 Å². The van der Waals surface area contributed by atoms with Gasteiger partial charge >= 0.3 is 0 Å². The molecular formula is C11H23NO. The topological polar surface area (TPSA) is 29.1 Å². The molecule has 0 spiro atoms. The molecule has 2 nitrogen and oxygen atoms in total. The second-order valence-corrected chi connectivity index (χ2v) is 4.46. The zero-order valence-electron chi connectivity index (χ0n) is 9.44. The highest BCUT2D eigenvalue weighted by Gasteiger charge is 2.13. The predicted molar refractivity (Wildman–Crippen MR) is 56.6 cm³/mol. The van der Waals surface area contributed by atoms with Crippen molar-refractivity contribution in [3.63, 3.8) is 0 Å². The van der Waals surface area contributed by atoms with Crippen molar-refractivity contribution >= 4 is 5.91 Å². The summed E-state index contributed by atoms with van der Waals surface area (Å²) >= 11 is 0. The maximum absolute atomic E-state index is 10.5. The lowest BCUT2D eigenvalue weighted by Gasteiger charge is -2.22. The van der Waals surface area contributed by atoms with Crippen molar-refractivity contribution in [2.75, 3.05) is 6.54 Å². The van der Waals surface area contributed by atoms with Gasteiger partial charge in [-0.25, -0.2) is 0 Å². The number of hydrogen-bond donors (Lipinski definition) is 1. The Hall–Kier alpha value is -0.530. The first-order valence-electron chi connectivity index (χ1n) is 5.22. The Kier molecular flexibility index (Phi) is 5.76. The summed E-state index contributed by atoms with van der Waals surface area (Å²) in [6.45, 7) is 9.22. The third-order valence-electron chi connectivity index (χ3n) is 2.61. The van der Waals surface area contributed by atoms with E-state index in [9.17, 15) is 4.79 Å². The summed E-state index contributed by atoms with van der Waals surface area (Å²) in [7, 11) is 0. The van der Waals surface area contributed by atoms with E-state index in [-0.39, 0.29) is 5.91 Å². The van der Waals surface area contributed by atoms with E-state index < -0.39 is 0 Å². The largest absolute Gasteiger partial charge is 0.356 e. The Morgan fingerprint density at radius 1 is 1.31 bits per heavy atom. The third kappa shape index (κ3) is 7.82. The summed E-state index contributed by atoms with van der Waals surface area (Å²) in [5.74, 6) is 0.0785. The molecule has 0 heterocycles. The molecule has 1 N–H and O–H groups in total. The normalized spacial score (nSPS) is 11.4. The average molecular weight is 185 g/mol. The summed E-state index contributed by atoms with van der Waals surface area (Å²) in [6.07, 6.45) is 4.79. The van der Waals surface area contributed by atoms with Gasteiger partial charge in [0.25, 0.3) is 0 Å². The molecule has 0 fully saturated rings. The molecule has 0 aromatic heterocycles. The Labute approximate surface area is 82.1 Å². The number of hydrogen-bond acceptors (Lipinski definition) is 1. The third-order valence-corrected chi connectivity index (χ3v) is 2.61. The molecule has 0 rings (SSSR count). The van der Waals surface area contributed by atoms with Crippen LogP contribution in [0.3, 0.4) is 0 Å². The van der Waals surface area contributed by atoms with Gasteiger partial charge in [-0.05, 0) is 18.3 Å². The fourth-order valence-corrected chi connectivity index (χ4v) is 1.17. The first-order chi connectivity index (χ1) is 5.98. The van der Waals surface area contributed by atoms with Crippen LogP contribution in [0, 0.1) is 5.41 Å². The first kappa shape index (κ1) is 12.5. The van der Waals surface area contributed by atoms with Gasteiger partial charge < -0.3 is 5.32 Å². The van der Waals surface area contributed by atoms with Crippen molar-refractivity contribution in [2.45, 2.75) is 53.4 Å². The lowest BCUT2D eigenvalue weighted by Crippen LogP contribution is -2.21. The standard InChI is InChI=1S/C11H23NO/c1-5-11(3,4)8-6-7-9-12-10(2)13/h5-9H2,1-4H3,(H,12,13). The first-order valence-corrected chi connectivity index (χ1v) is 5.22. The molecule has 0 aliphatic heterocycles. The minimum absolute atomic E-state index is 0.0785. The molecule has 0 aromatic carbocycles. The van der Waals surface area contributed by atoms with Crippen LogP contribution in [0.2, 0.25) is 0 Å². The summed E-state index contributed by atoms with van der Waals surface area (Å²) in [5.41, 5.74) is 0.468. The van der Waals surface area contributed by atoms with Crippen molar-refractivity contribution in [2.24, 2.45) is 5.41 Å². The van der Waals surface area contributed by atoms with Crippen molar-refractivity contribution in [3.8, 4) is 0 Å². The van der Waals surface area contributed by atoms with E-state index in [1.54, 1.807) is 6.92 Å². The van der Waals surface area contributed by atoms with Crippen LogP contribution in [0.5, 0.6) is 0 Å². The van der Waals surface area contributed by atoms with Crippen LogP contribution in [0.1, 0.15) is 53.4 Å². The van der Waals surface area contributed by atoms with Crippen molar-refractivity contribution in [3.05, 3.63) is 0 Å². The SMILES string of the molecule is CCC(C)(C)CCCCNC(C)=O. The maximum atomic E-state index is 10.5. The molecule has 0 unspecified atom stereocenters. The number of amides is 1. The van der Waals surface area contributed by atoms with Crippen LogP contribution in [-0.4, -0.2) is 12.5 Å². The summed E-state index contributed by atoms with van der Waals surface area (Å²) < 4.78 is 0. The highest BCUT2D eigenvalue weighted by molar-refractivity contribution is 5.72. The van der Waals surface area contributed by atoms with Crippen LogP contribution in [0.15, 0.2) is 0 Å². The zero-order chi connectivity index (χ0) is 10.3. The average Bonchev–Trinajstić information content (AvgIpc) is 2.03. The molecular weight excluding hydrogens is 162 g/mol. The molecule has 2 heteroatoms. The minimum Gasteiger partial charge on any atom is -0.356 e. The van der Waals surface area contributed by atoms with E-state index in [4.69, 9.17) is 0 Å². The van der Waals surface area contributed by atoms with Crippen molar-refractivity contribution in [1.82, 2.24) is 5.32 Å². The Balaban J connectivity index is 3.30. The van der Waals surface area contributed by atoms with E-state index in [1.807, 2.05) is 0 Å². The number of rotatable bonds is 6. The van der Waals surface area contributed by atoms with Crippen molar-refractivity contribution < 1.29 is 4.79 Å². The predicted octanol–water partition coefficient (Wildman–Crippen LogP) is 2.73. The quantitative estimate of drug-likeness (QED) is 0.633. The molecule has 0 aliphatic carbocycles. The Bertz CT molecular complexity index is 152. The Morgan fingerprint density at radius 3 is 2.38 bits per heavy atom. The maximum Gasteiger partial charge on any atom is 0.216 e. The van der Waals surface area contributed by atoms with E-state index in [0.29, 0.717) is 5.41 Å². The molecule has 0 aromatic rings. The highest BCUT2D eigenvalue weighted by Crippen LogP contribution is 2.26. The molecule has 0 saturated heterocycles. The summed E-state index contributed by atoms with van der Waals surface area (Å²) in [5, 5.41) is 2.81. The van der Waals surface area contributed by atoms with Gasteiger partial charge in [0.1, 0.15) is 0 Å². The van der Waals surface area contributed by atoms with Gasteiger partial charge in [-0.1, -0.05) is 33.6 Å². The van der Waals surface area contributed by atoms with Crippen molar-refractivity contribution in [1.29, 1.82) is 0 Å². The number of carbonyl (C=O) groups is 1. The zero-order valence-corrected chi connectivity index (χ0v) is 9.44. The molecule has 0 bridgehead atoms. The van der Waals surface area contributed by atoms with Gasteiger partial charge in [-0.2, -0.15) is 0 Å². The van der Waals surface area contributed by atoms with Gasteiger partial charge in [-0.15, -0.1) is 0 Å². The molecule has 78 valence electrons. The lowest BCUT2D eigenvalue weighted by molar-refractivity contribution is -0.118. The molecule has 13 heavy (non-hydrogen) atoms. The van der Waals surface area contributed by atoms with E-state index >= 15 is 0 Å². The number of nitrogens with one attached hydrogen (secondary N) is 1. The second kappa shape index (κ2) is 6.01. The second-order valence-electron chi connectivity index (χ2n) is 4.46. The smallest absolute Gasteiger partial charge is 0.216 e. The highest BCUT2D eigenvalue weighted by atomic mass is 16.1. The van der Waals surface area contributed by atoms with Crippen LogP contribution in [-0.2, 0) is 4.79 Å². The number of unbranched alkanes of at least 4 members (excludes halogenated alkanes) is 1. The molecule has 0 saturated carbocycles. The number of carbonyl (C=O) groups excluding carboxylic acids is 1. The summed E-state index contributed by atoms with van der Waals surface area (Å²) in [6, 6.07) is 0.